The van der Waals surface area contributed by atoms with Gasteiger partial charge in [0.15, 0.2) is 0 Å². The maximum Gasteiger partial charge on any atom is 0.224 e. The Kier molecular flexibility index (Phi) is 4.07. The van der Waals surface area contributed by atoms with E-state index >= 15 is 0 Å². The third-order valence-electron chi connectivity index (χ3n) is 5.92. The molecule has 33 heavy (non-hydrogen) atoms. The Morgan fingerprint density at radius 3 is 2.70 bits per heavy atom. The zero-order valence-electron chi connectivity index (χ0n) is 17.6. The molecule has 0 saturated heterocycles. The molecule has 6 rings (SSSR count). The normalized spacial score (nSPS) is 15.3. The summed E-state index contributed by atoms with van der Waals surface area (Å²) >= 11 is 0. The van der Waals surface area contributed by atoms with Gasteiger partial charge in [-0.05, 0) is 23.8 Å². The van der Waals surface area contributed by atoms with Crippen molar-refractivity contribution >= 4 is 10.9 Å². The number of aromatic nitrogens is 6. The quantitative estimate of drug-likeness (QED) is 0.449. The summed E-state index contributed by atoms with van der Waals surface area (Å²) < 4.78 is 9.43. The summed E-state index contributed by atoms with van der Waals surface area (Å²) in [6, 6.07) is 18.0. The van der Waals surface area contributed by atoms with Crippen molar-refractivity contribution in [2.45, 2.75) is 5.92 Å². The molecule has 1 aliphatic heterocycles. The zero-order chi connectivity index (χ0) is 22.5. The number of H-pyrrole nitrogens is 1. The van der Waals surface area contributed by atoms with Gasteiger partial charge >= 0.3 is 0 Å². The second kappa shape index (κ2) is 7.10. The number of imidazole rings is 1. The van der Waals surface area contributed by atoms with Crippen molar-refractivity contribution in [2.75, 3.05) is 0 Å². The van der Waals surface area contributed by atoms with E-state index in [2.05, 4.69) is 21.3 Å². The lowest BCUT2D eigenvalue weighted by Crippen LogP contribution is -2.21. The largest absolute Gasteiger partial charge is 0.422 e. The van der Waals surface area contributed by atoms with Gasteiger partial charge in [0.1, 0.15) is 23.0 Å². The van der Waals surface area contributed by atoms with Crippen LogP contribution in [0.3, 0.4) is 0 Å². The maximum absolute atomic E-state index is 9.99. The molecule has 0 aliphatic carbocycles. The average molecular weight is 434 g/mol. The number of nitrogens with two attached hydrogens (primary N) is 1. The van der Waals surface area contributed by atoms with Crippen LogP contribution in [0.1, 0.15) is 17.0 Å². The molecule has 4 heterocycles. The first-order valence-corrected chi connectivity index (χ1v) is 10.3. The van der Waals surface area contributed by atoms with Crippen molar-refractivity contribution in [3.63, 3.8) is 0 Å². The Morgan fingerprint density at radius 2 is 1.94 bits per heavy atom. The van der Waals surface area contributed by atoms with Crippen LogP contribution in [0.2, 0.25) is 0 Å². The molecular weight excluding hydrogens is 416 g/mol. The van der Waals surface area contributed by atoms with E-state index in [0.29, 0.717) is 22.8 Å². The number of aromatic amines is 1. The number of hydrogen-bond donors (Lipinski definition) is 2. The number of para-hydroxylation sites is 1. The van der Waals surface area contributed by atoms with Crippen LogP contribution in [-0.2, 0) is 7.05 Å². The van der Waals surface area contributed by atoms with E-state index in [0.717, 1.165) is 27.7 Å². The molecule has 0 saturated carbocycles. The second-order valence-corrected chi connectivity index (χ2v) is 7.80. The molecular formula is C24H18N8O. The van der Waals surface area contributed by atoms with Crippen LogP contribution in [0.5, 0.6) is 5.88 Å². The number of fused-ring (bicyclic) bond motifs is 2. The van der Waals surface area contributed by atoms with E-state index in [1.807, 2.05) is 59.3 Å². The minimum Gasteiger partial charge on any atom is -0.422 e. The lowest BCUT2D eigenvalue weighted by molar-refractivity contribution is 0.358. The predicted octanol–water partition coefficient (Wildman–Crippen LogP) is 3.37. The number of aryl methyl sites for hydroxylation is 1. The average Bonchev–Trinajstić information content (AvgIpc) is 3.58. The SMILES string of the molecule is Cn1nc(-c2n[nH]c3ccccc23)c2c1OC(N)=C(C#N)C2c1ccc(-n2ccnc2)cc1. The van der Waals surface area contributed by atoms with Crippen molar-refractivity contribution in [3.8, 4) is 29.0 Å². The van der Waals surface area contributed by atoms with Crippen LogP contribution < -0.4 is 10.5 Å². The number of nitrogens with one attached hydrogen (secondary N) is 1. The van der Waals surface area contributed by atoms with Gasteiger partial charge in [0.2, 0.25) is 11.8 Å². The number of rotatable bonds is 3. The van der Waals surface area contributed by atoms with Crippen LogP contribution >= 0.6 is 0 Å². The van der Waals surface area contributed by atoms with Gasteiger partial charge in [0, 0.05) is 30.5 Å². The molecule has 0 fully saturated rings. The topological polar surface area (TPSA) is 123 Å². The van der Waals surface area contributed by atoms with E-state index in [-0.39, 0.29) is 5.88 Å². The standard InChI is InChI=1S/C24H18N8O/c1-31-24-20(22(30-31)21-16-4-2-3-5-18(16)28-29-21)19(17(12-25)23(26)33-24)14-6-8-15(9-7-14)32-11-10-27-13-32/h2-11,13,19H,26H2,1H3,(H,28,29). The highest BCUT2D eigenvalue weighted by Gasteiger charge is 2.37. The summed E-state index contributed by atoms with van der Waals surface area (Å²) in [6.45, 7) is 0. The Labute approximate surface area is 188 Å². The van der Waals surface area contributed by atoms with Crippen LogP contribution in [-0.4, -0.2) is 29.5 Å². The van der Waals surface area contributed by atoms with Crippen LogP contribution in [0.4, 0.5) is 0 Å². The van der Waals surface area contributed by atoms with Crippen molar-refractivity contribution in [3.05, 3.63) is 89.8 Å². The van der Waals surface area contributed by atoms with E-state index in [9.17, 15) is 5.26 Å². The van der Waals surface area contributed by atoms with Crippen molar-refractivity contribution in [2.24, 2.45) is 12.8 Å². The Hall–Kier alpha value is -4.84. The van der Waals surface area contributed by atoms with Crippen molar-refractivity contribution in [1.29, 1.82) is 5.26 Å². The third-order valence-corrected chi connectivity index (χ3v) is 5.92. The molecule has 5 aromatic rings. The van der Waals surface area contributed by atoms with Gasteiger partial charge in [-0.3, -0.25) is 5.10 Å². The molecule has 2 aromatic carbocycles. The predicted molar refractivity (Wildman–Crippen MR) is 121 cm³/mol. The lowest BCUT2D eigenvalue weighted by atomic mass is 9.83. The third kappa shape index (κ3) is 2.81. The van der Waals surface area contributed by atoms with E-state index in [1.54, 1.807) is 24.3 Å². The minimum atomic E-state index is -0.449. The van der Waals surface area contributed by atoms with Gasteiger partial charge < -0.3 is 15.0 Å². The van der Waals surface area contributed by atoms with Gasteiger partial charge in [-0.2, -0.15) is 15.5 Å². The molecule has 0 amide bonds. The fourth-order valence-electron chi connectivity index (χ4n) is 4.37. The Bertz CT molecular complexity index is 1570. The Morgan fingerprint density at radius 1 is 1.12 bits per heavy atom. The summed E-state index contributed by atoms with van der Waals surface area (Å²) in [6.07, 6.45) is 5.34. The summed E-state index contributed by atoms with van der Waals surface area (Å²) in [5.74, 6) is 0.127. The molecule has 9 nitrogen and oxygen atoms in total. The Balaban J connectivity index is 1.56. The number of hydrogen-bond acceptors (Lipinski definition) is 6. The summed E-state index contributed by atoms with van der Waals surface area (Å²) in [7, 11) is 1.79. The molecule has 0 bridgehead atoms. The highest BCUT2D eigenvalue weighted by atomic mass is 16.5. The van der Waals surface area contributed by atoms with E-state index in [4.69, 9.17) is 15.6 Å². The molecule has 1 atom stereocenters. The highest BCUT2D eigenvalue weighted by molar-refractivity contribution is 5.93. The number of allylic oxidation sites excluding steroid dienone is 1. The van der Waals surface area contributed by atoms with Gasteiger partial charge in [0.25, 0.3) is 0 Å². The van der Waals surface area contributed by atoms with Gasteiger partial charge in [0.05, 0.1) is 23.3 Å². The maximum atomic E-state index is 9.99. The first kappa shape index (κ1) is 18.9. The molecule has 9 heteroatoms. The molecule has 3 N–H and O–H groups in total. The molecule has 0 spiro atoms. The molecule has 1 unspecified atom stereocenters. The summed E-state index contributed by atoms with van der Waals surface area (Å²) in [5.41, 5.74) is 11.4. The minimum absolute atomic E-state index is 0.0788. The van der Waals surface area contributed by atoms with Crippen molar-refractivity contribution in [1.82, 2.24) is 29.5 Å². The number of nitrogens with zero attached hydrogens (tertiary/aromatic N) is 6. The van der Waals surface area contributed by atoms with Crippen LogP contribution in [0.15, 0.2) is 78.7 Å². The first-order chi connectivity index (χ1) is 16.2. The van der Waals surface area contributed by atoms with Gasteiger partial charge in [-0.1, -0.05) is 30.3 Å². The number of benzene rings is 2. The number of nitriles is 1. The second-order valence-electron chi connectivity index (χ2n) is 7.80. The zero-order valence-corrected chi connectivity index (χ0v) is 17.6. The number of ether oxygens (including phenoxy) is 1. The lowest BCUT2D eigenvalue weighted by Gasteiger charge is -2.24. The summed E-state index contributed by atoms with van der Waals surface area (Å²) in [4.78, 5) is 4.10. The van der Waals surface area contributed by atoms with Crippen LogP contribution in [0, 0.1) is 11.3 Å². The molecule has 3 aromatic heterocycles. The van der Waals surface area contributed by atoms with E-state index in [1.165, 1.54) is 0 Å². The van der Waals surface area contributed by atoms with Crippen LogP contribution in [0.25, 0.3) is 28.0 Å². The highest BCUT2D eigenvalue weighted by Crippen LogP contribution is 2.47. The first-order valence-electron chi connectivity index (χ1n) is 10.3. The van der Waals surface area contributed by atoms with Crippen molar-refractivity contribution < 1.29 is 4.74 Å². The molecule has 1 aliphatic rings. The molecule has 160 valence electrons. The van der Waals surface area contributed by atoms with Gasteiger partial charge in [-0.15, -0.1) is 0 Å². The fourth-order valence-corrected chi connectivity index (χ4v) is 4.37. The molecule has 0 radical (unpaired) electrons. The smallest absolute Gasteiger partial charge is 0.224 e. The van der Waals surface area contributed by atoms with Gasteiger partial charge in [-0.25, -0.2) is 9.67 Å². The monoisotopic (exact) mass is 434 g/mol. The van der Waals surface area contributed by atoms with E-state index < -0.39 is 5.92 Å². The fraction of sp³-hybridized carbons (Fsp3) is 0.0833. The summed E-state index contributed by atoms with van der Waals surface area (Å²) in [5, 5.41) is 23.3.